The highest BCUT2D eigenvalue weighted by atomic mass is 32.1. The van der Waals surface area contributed by atoms with Gasteiger partial charge in [-0.25, -0.2) is 9.97 Å². The minimum atomic E-state index is -0.609. The lowest BCUT2D eigenvalue weighted by molar-refractivity contribution is -0.121. The van der Waals surface area contributed by atoms with E-state index in [4.69, 9.17) is 0 Å². The van der Waals surface area contributed by atoms with Gasteiger partial charge in [-0.2, -0.15) is 0 Å². The van der Waals surface area contributed by atoms with Gasteiger partial charge in [0, 0.05) is 23.8 Å². The Balaban J connectivity index is 1.80. The molecule has 142 valence electrons. The third kappa shape index (κ3) is 2.97. The van der Waals surface area contributed by atoms with Crippen LogP contribution in [0.2, 0.25) is 0 Å². The number of anilines is 1. The van der Waals surface area contributed by atoms with Crippen LogP contribution < -0.4 is 10.5 Å². The maximum absolute atomic E-state index is 13.3. The number of nitrogens with zero attached hydrogens (tertiary/aromatic N) is 4. The molecule has 7 heteroatoms. The van der Waals surface area contributed by atoms with Gasteiger partial charge in [0.1, 0.15) is 15.6 Å². The van der Waals surface area contributed by atoms with Crippen molar-refractivity contribution in [1.82, 2.24) is 14.5 Å². The summed E-state index contributed by atoms with van der Waals surface area (Å²) >= 11 is 1.32. The van der Waals surface area contributed by atoms with Crippen molar-refractivity contribution in [3.63, 3.8) is 0 Å². The van der Waals surface area contributed by atoms with Crippen LogP contribution in [-0.2, 0) is 4.79 Å². The molecule has 6 nitrogen and oxygen atoms in total. The number of hydrogen-bond donors (Lipinski definition) is 0. The minimum absolute atomic E-state index is 0.112. The maximum Gasteiger partial charge on any atom is 0.272 e. The Morgan fingerprint density at radius 2 is 1.93 bits per heavy atom. The Bertz CT molecular complexity index is 1200. The molecule has 0 saturated heterocycles. The van der Waals surface area contributed by atoms with Gasteiger partial charge in [0.05, 0.1) is 11.8 Å². The van der Waals surface area contributed by atoms with Gasteiger partial charge >= 0.3 is 0 Å². The zero-order valence-electron chi connectivity index (χ0n) is 15.7. The van der Waals surface area contributed by atoms with Crippen molar-refractivity contribution >= 4 is 43.4 Å². The van der Waals surface area contributed by atoms with Gasteiger partial charge < -0.3 is 4.90 Å². The van der Waals surface area contributed by atoms with Crippen LogP contribution in [0.5, 0.6) is 0 Å². The first-order valence-corrected chi connectivity index (χ1v) is 10.1. The molecular formula is C21H20N4O2S. The van der Waals surface area contributed by atoms with Crippen LogP contribution in [0, 0.1) is 0 Å². The van der Waals surface area contributed by atoms with Crippen LogP contribution in [0.1, 0.15) is 26.3 Å². The van der Waals surface area contributed by atoms with E-state index in [-0.39, 0.29) is 11.5 Å². The molecule has 0 unspecified atom stereocenters. The summed E-state index contributed by atoms with van der Waals surface area (Å²) in [4.78, 5) is 37.8. The molecule has 0 spiro atoms. The summed E-state index contributed by atoms with van der Waals surface area (Å²) in [5.74, 6) is -0.112. The summed E-state index contributed by atoms with van der Waals surface area (Å²) < 4.78 is 2.00. The van der Waals surface area contributed by atoms with Gasteiger partial charge in [0.15, 0.2) is 0 Å². The summed E-state index contributed by atoms with van der Waals surface area (Å²) in [6, 6.07) is 12.6. The SMILES string of the molecule is CC[C@@H](C(=O)N(CC)c1ccccc1)n1cnc2c(sc3ncccc32)c1=O. The number of rotatable bonds is 5. The minimum Gasteiger partial charge on any atom is -0.311 e. The molecule has 3 heterocycles. The van der Waals surface area contributed by atoms with E-state index in [1.165, 1.54) is 22.2 Å². The second-order valence-corrected chi connectivity index (χ2v) is 7.43. The smallest absolute Gasteiger partial charge is 0.272 e. The third-order valence-electron chi connectivity index (χ3n) is 4.84. The van der Waals surface area contributed by atoms with Crippen LogP contribution in [0.15, 0.2) is 59.8 Å². The number of carbonyl (C=O) groups excluding carboxylic acids is 1. The number of aromatic nitrogens is 3. The van der Waals surface area contributed by atoms with Crippen LogP contribution in [0.3, 0.4) is 0 Å². The van der Waals surface area contributed by atoms with Crippen LogP contribution in [0.4, 0.5) is 5.69 Å². The van der Waals surface area contributed by atoms with Crippen molar-refractivity contribution in [2.45, 2.75) is 26.3 Å². The van der Waals surface area contributed by atoms with E-state index in [9.17, 15) is 9.59 Å². The highest BCUT2D eigenvalue weighted by Crippen LogP contribution is 2.29. The predicted molar refractivity (Wildman–Crippen MR) is 113 cm³/mol. The van der Waals surface area contributed by atoms with Gasteiger partial charge in [0.25, 0.3) is 5.56 Å². The molecule has 0 fully saturated rings. The maximum atomic E-state index is 13.3. The fourth-order valence-electron chi connectivity index (χ4n) is 3.45. The summed E-state index contributed by atoms with van der Waals surface area (Å²) in [5, 5.41) is 0.866. The first kappa shape index (κ1) is 18.3. The van der Waals surface area contributed by atoms with Gasteiger partial charge in [-0.05, 0) is 37.6 Å². The number of para-hydroxylation sites is 1. The molecule has 0 radical (unpaired) electrons. The molecular weight excluding hydrogens is 372 g/mol. The fourth-order valence-corrected chi connectivity index (χ4v) is 4.48. The second-order valence-electron chi connectivity index (χ2n) is 6.43. The van der Waals surface area contributed by atoms with Gasteiger partial charge in [-0.3, -0.25) is 14.2 Å². The van der Waals surface area contributed by atoms with Crippen molar-refractivity contribution in [2.24, 2.45) is 0 Å². The van der Waals surface area contributed by atoms with E-state index in [2.05, 4.69) is 9.97 Å². The van der Waals surface area contributed by atoms with E-state index in [0.717, 1.165) is 15.9 Å². The molecule has 28 heavy (non-hydrogen) atoms. The Labute approximate surface area is 166 Å². The lowest BCUT2D eigenvalue weighted by Crippen LogP contribution is -2.40. The standard InChI is InChI=1S/C21H20N4O2S/c1-3-16(20(26)24(4-2)14-9-6-5-7-10-14)25-13-23-17-15-11-8-12-22-19(15)28-18(17)21(25)27/h5-13,16H,3-4H2,1-2H3/t16-/m0/s1. The Morgan fingerprint density at radius 1 is 1.14 bits per heavy atom. The van der Waals surface area contributed by atoms with Gasteiger partial charge in [-0.15, -0.1) is 11.3 Å². The number of fused-ring (bicyclic) bond motifs is 3. The summed E-state index contributed by atoms with van der Waals surface area (Å²) in [7, 11) is 0. The van der Waals surface area contributed by atoms with Crippen molar-refractivity contribution in [2.75, 3.05) is 11.4 Å². The summed E-state index contributed by atoms with van der Waals surface area (Å²) in [6.45, 7) is 4.36. The summed E-state index contributed by atoms with van der Waals surface area (Å²) in [6.07, 6.45) is 3.70. The lowest BCUT2D eigenvalue weighted by atomic mass is 10.1. The Hall–Kier alpha value is -3.06. The largest absolute Gasteiger partial charge is 0.311 e. The average molecular weight is 392 g/mol. The zero-order valence-corrected chi connectivity index (χ0v) is 16.5. The molecule has 4 aromatic rings. The number of thiophene rings is 1. The zero-order chi connectivity index (χ0) is 19.7. The molecule has 1 aromatic carbocycles. The van der Waals surface area contributed by atoms with Gasteiger partial charge in [0.2, 0.25) is 5.91 Å². The van der Waals surface area contributed by atoms with Crippen molar-refractivity contribution in [1.29, 1.82) is 0 Å². The van der Waals surface area contributed by atoms with Crippen molar-refractivity contribution in [3.8, 4) is 0 Å². The van der Waals surface area contributed by atoms with E-state index in [0.29, 0.717) is 23.2 Å². The van der Waals surface area contributed by atoms with Crippen LogP contribution in [0.25, 0.3) is 20.4 Å². The lowest BCUT2D eigenvalue weighted by Gasteiger charge is -2.26. The van der Waals surface area contributed by atoms with Crippen molar-refractivity contribution < 1.29 is 4.79 Å². The molecule has 0 N–H and O–H groups in total. The normalized spacial score (nSPS) is 12.4. The first-order valence-electron chi connectivity index (χ1n) is 9.26. The molecule has 4 rings (SSSR count). The predicted octanol–water partition coefficient (Wildman–Crippen LogP) is 4.01. The molecule has 1 atom stereocenters. The second kappa shape index (κ2) is 7.52. The molecule has 0 saturated carbocycles. The first-order chi connectivity index (χ1) is 13.7. The quantitative estimate of drug-likeness (QED) is 0.515. The number of benzene rings is 1. The highest BCUT2D eigenvalue weighted by molar-refractivity contribution is 7.25. The molecule has 0 aliphatic carbocycles. The number of hydrogen-bond acceptors (Lipinski definition) is 5. The molecule has 0 bridgehead atoms. The van der Waals surface area contributed by atoms with Crippen molar-refractivity contribution in [3.05, 3.63) is 65.3 Å². The topological polar surface area (TPSA) is 68.1 Å². The molecule has 1 amide bonds. The van der Waals surface area contributed by atoms with Gasteiger partial charge in [-0.1, -0.05) is 25.1 Å². The Kier molecular flexibility index (Phi) is 4.92. The third-order valence-corrected chi connectivity index (χ3v) is 5.93. The van der Waals surface area contributed by atoms with E-state index >= 15 is 0 Å². The number of carbonyl (C=O) groups is 1. The van der Waals surface area contributed by atoms with Crippen LogP contribution in [-0.4, -0.2) is 27.0 Å². The number of amides is 1. The molecule has 0 aliphatic heterocycles. The van der Waals surface area contributed by atoms with E-state index in [1.54, 1.807) is 11.1 Å². The highest BCUT2D eigenvalue weighted by Gasteiger charge is 2.26. The summed E-state index contributed by atoms with van der Waals surface area (Å²) in [5.41, 5.74) is 1.27. The van der Waals surface area contributed by atoms with E-state index in [1.807, 2.05) is 56.3 Å². The monoisotopic (exact) mass is 392 g/mol. The van der Waals surface area contributed by atoms with E-state index < -0.39 is 6.04 Å². The molecule has 0 aliphatic rings. The fraction of sp³-hybridized carbons (Fsp3) is 0.238. The average Bonchev–Trinajstić information content (AvgIpc) is 3.11. The number of likely N-dealkylation sites (N-methyl/N-ethyl adjacent to an activating group) is 1. The Morgan fingerprint density at radius 3 is 2.64 bits per heavy atom. The van der Waals surface area contributed by atoms with Crippen LogP contribution >= 0.6 is 11.3 Å². The molecule has 3 aromatic heterocycles. The number of pyridine rings is 1.